The van der Waals surface area contributed by atoms with E-state index in [4.69, 9.17) is 23.2 Å². The van der Waals surface area contributed by atoms with Crippen LogP contribution in [-0.4, -0.2) is 27.5 Å². The van der Waals surface area contributed by atoms with Gasteiger partial charge in [0.25, 0.3) is 0 Å². The molecule has 1 aromatic heterocycles. The first-order chi connectivity index (χ1) is 7.08. The van der Waals surface area contributed by atoms with Crippen LogP contribution in [0.25, 0.3) is 0 Å². The zero-order valence-corrected chi connectivity index (χ0v) is 10.6. The lowest BCUT2D eigenvalue weighted by Gasteiger charge is -2.16. The molecule has 1 unspecified atom stereocenters. The second-order valence-corrected chi connectivity index (χ2v) is 5.19. The van der Waals surface area contributed by atoms with Gasteiger partial charge in [0.2, 0.25) is 5.91 Å². The number of anilines is 1. The topological polar surface area (TPSA) is 46.1 Å². The predicted octanol–water partition coefficient (Wildman–Crippen LogP) is 2.28. The van der Waals surface area contributed by atoms with Crippen LogP contribution in [0.2, 0.25) is 10.3 Å². The van der Waals surface area contributed by atoms with E-state index in [9.17, 15) is 4.79 Å². The fraction of sp³-hybridized carbons (Fsp3) is 0.375. The highest BCUT2D eigenvalue weighted by atomic mass is 79.9. The van der Waals surface area contributed by atoms with Crippen LogP contribution in [-0.2, 0) is 4.79 Å². The maximum absolute atomic E-state index is 11.6. The minimum atomic E-state index is 0.00263. The quantitative estimate of drug-likeness (QED) is 0.748. The molecule has 1 aromatic rings. The number of amides is 1. The third-order valence-corrected chi connectivity index (χ3v) is 3.14. The van der Waals surface area contributed by atoms with Gasteiger partial charge >= 0.3 is 0 Å². The fourth-order valence-corrected chi connectivity index (χ4v) is 2.33. The van der Waals surface area contributed by atoms with Crippen LogP contribution in [0.5, 0.6) is 0 Å². The van der Waals surface area contributed by atoms with Crippen molar-refractivity contribution in [1.29, 1.82) is 0 Å². The highest BCUT2D eigenvalue weighted by molar-refractivity contribution is 9.09. The largest absolute Gasteiger partial charge is 0.308 e. The van der Waals surface area contributed by atoms with E-state index in [2.05, 4.69) is 26.1 Å². The molecule has 0 aliphatic carbocycles. The van der Waals surface area contributed by atoms with Crippen LogP contribution < -0.4 is 4.90 Å². The molecule has 0 aromatic carbocycles. The van der Waals surface area contributed by atoms with Crippen LogP contribution in [0.3, 0.4) is 0 Å². The Labute approximate surface area is 105 Å². The molecule has 2 rings (SSSR count). The molecule has 2 heterocycles. The van der Waals surface area contributed by atoms with Gasteiger partial charge in [0.05, 0.1) is 5.69 Å². The van der Waals surface area contributed by atoms with Gasteiger partial charge in [-0.05, 0) is 0 Å². The van der Waals surface area contributed by atoms with Crippen molar-refractivity contribution in [2.75, 3.05) is 11.4 Å². The summed E-state index contributed by atoms with van der Waals surface area (Å²) in [6, 6.07) is 1.54. The van der Waals surface area contributed by atoms with Gasteiger partial charge in [0, 0.05) is 23.9 Å². The molecular weight excluding hydrogens is 305 g/mol. The maximum Gasteiger partial charge on any atom is 0.228 e. The van der Waals surface area contributed by atoms with Crippen molar-refractivity contribution in [2.24, 2.45) is 0 Å². The summed E-state index contributed by atoms with van der Waals surface area (Å²) in [5.74, 6) is 0.00263. The minimum absolute atomic E-state index is 0.00263. The summed E-state index contributed by atoms with van der Waals surface area (Å²) in [5.41, 5.74) is 0.517. The first-order valence-electron chi connectivity index (χ1n) is 4.21. The Morgan fingerprint density at radius 1 is 1.47 bits per heavy atom. The second kappa shape index (κ2) is 4.23. The number of nitrogens with zero attached hydrogens (tertiary/aromatic N) is 3. The number of aromatic nitrogens is 2. The van der Waals surface area contributed by atoms with Crippen LogP contribution in [0.15, 0.2) is 6.07 Å². The van der Waals surface area contributed by atoms with Gasteiger partial charge in [-0.3, -0.25) is 4.79 Å². The van der Waals surface area contributed by atoms with E-state index >= 15 is 0 Å². The highest BCUT2D eigenvalue weighted by Crippen LogP contribution is 2.30. The normalized spacial score (nSPS) is 21.1. The summed E-state index contributed by atoms with van der Waals surface area (Å²) in [6.07, 6.45) is 0.455. The van der Waals surface area contributed by atoms with Crippen LogP contribution in [0, 0.1) is 0 Å². The van der Waals surface area contributed by atoms with E-state index in [-0.39, 0.29) is 21.0 Å². The lowest BCUT2D eigenvalue weighted by atomic mass is 10.4. The molecule has 1 amide bonds. The summed E-state index contributed by atoms with van der Waals surface area (Å²) in [5, 5.41) is 7.66. The number of rotatable bonds is 1. The van der Waals surface area contributed by atoms with Gasteiger partial charge in [-0.15, -0.1) is 10.2 Å². The molecule has 0 spiro atoms. The van der Waals surface area contributed by atoms with Crippen molar-refractivity contribution in [1.82, 2.24) is 10.2 Å². The molecule has 1 saturated heterocycles. The molecule has 1 fully saturated rings. The molecule has 0 radical (unpaired) electrons. The van der Waals surface area contributed by atoms with E-state index in [1.54, 1.807) is 11.0 Å². The molecule has 1 aliphatic heterocycles. The summed E-state index contributed by atoms with van der Waals surface area (Å²) in [7, 11) is 0. The van der Waals surface area contributed by atoms with E-state index in [0.29, 0.717) is 18.7 Å². The van der Waals surface area contributed by atoms with Gasteiger partial charge < -0.3 is 4.90 Å². The Morgan fingerprint density at radius 3 is 2.80 bits per heavy atom. The zero-order chi connectivity index (χ0) is 11.0. The van der Waals surface area contributed by atoms with Crippen molar-refractivity contribution in [3.05, 3.63) is 16.4 Å². The molecule has 80 valence electrons. The molecule has 15 heavy (non-hydrogen) atoms. The first-order valence-corrected chi connectivity index (χ1v) is 5.88. The first kappa shape index (κ1) is 11.1. The summed E-state index contributed by atoms with van der Waals surface area (Å²) < 4.78 is 0. The van der Waals surface area contributed by atoms with E-state index in [1.165, 1.54) is 0 Å². The Bertz CT molecular complexity index is 415. The Balaban J connectivity index is 2.37. The molecule has 1 aliphatic rings. The number of hydrogen-bond donors (Lipinski definition) is 0. The molecule has 4 nitrogen and oxygen atoms in total. The standard InChI is InChI=1S/C8H6BrCl2N3O/c9-4-1-7(15)14(3-4)5-2-6(10)12-13-8(5)11/h2,4H,1,3H2. The molecular formula is C8H6BrCl2N3O. The highest BCUT2D eigenvalue weighted by Gasteiger charge is 2.30. The van der Waals surface area contributed by atoms with Gasteiger partial charge in [-0.25, -0.2) is 0 Å². The molecule has 0 saturated carbocycles. The third kappa shape index (κ3) is 2.24. The average molecular weight is 311 g/mol. The summed E-state index contributed by atoms with van der Waals surface area (Å²) in [4.78, 5) is 13.3. The fourth-order valence-electron chi connectivity index (χ4n) is 1.43. The number of carbonyl (C=O) groups excluding carboxylic acids is 1. The van der Waals surface area contributed by atoms with E-state index in [1.807, 2.05) is 0 Å². The summed E-state index contributed by atoms with van der Waals surface area (Å²) in [6.45, 7) is 0.570. The van der Waals surface area contributed by atoms with Crippen molar-refractivity contribution in [3.8, 4) is 0 Å². The maximum atomic E-state index is 11.6. The Hall–Kier alpha value is -0.390. The smallest absolute Gasteiger partial charge is 0.228 e. The number of carbonyl (C=O) groups is 1. The third-order valence-electron chi connectivity index (χ3n) is 2.07. The molecule has 1 atom stereocenters. The number of alkyl halides is 1. The number of halogens is 3. The van der Waals surface area contributed by atoms with E-state index < -0.39 is 0 Å². The van der Waals surface area contributed by atoms with E-state index in [0.717, 1.165) is 0 Å². The van der Waals surface area contributed by atoms with Crippen molar-refractivity contribution < 1.29 is 4.79 Å². The monoisotopic (exact) mass is 309 g/mol. The van der Waals surface area contributed by atoms with Crippen molar-refractivity contribution >= 4 is 50.7 Å². The van der Waals surface area contributed by atoms with Crippen LogP contribution in [0.4, 0.5) is 5.69 Å². The average Bonchev–Trinajstić information content (AvgIpc) is 2.50. The Kier molecular flexibility index (Phi) is 3.13. The van der Waals surface area contributed by atoms with Crippen LogP contribution >= 0.6 is 39.1 Å². The molecule has 0 N–H and O–H groups in total. The predicted molar refractivity (Wildman–Crippen MR) is 61.7 cm³/mol. The van der Waals surface area contributed by atoms with Crippen LogP contribution in [0.1, 0.15) is 6.42 Å². The number of hydrogen-bond acceptors (Lipinski definition) is 3. The van der Waals surface area contributed by atoms with Crippen molar-refractivity contribution in [2.45, 2.75) is 11.2 Å². The van der Waals surface area contributed by atoms with Gasteiger partial charge in [-0.1, -0.05) is 39.1 Å². The molecule has 0 bridgehead atoms. The minimum Gasteiger partial charge on any atom is -0.308 e. The summed E-state index contributed by atoms with van der Waals surface area (Å²) >= 11 is 14.9. The Morgan fingerprint density at radius 2 is 2.20 bits per heavy atom. The molecule has 7 heteroatoms. The van der Waals surface area contributed by atoms with Gasteiger partial charge in [0.1, 0.15) is 0 Å². The lowest BCUT2D eigenvalue weighted by molar-refractivity contribution is -0.117. The van der Waals surface area contributed by atoms with Crippen molar-refractivity contribution in [3.63, 3.8) is 0 Å². The SMILES string of the molecule is O=C1CC(Br)CN1c1cc(Cl)nnc1Cl. The lowest BCUT2D eigenvalue weighted by Crippen LogP contribution is -2.25. The second-order valence-electron chi connectivity index (χ2n) is 3.15. The van der Waals surface area contributed by atoms with Gasteiger partial charge in [0.15, 0.2) is 10.3 Å². The van der Waals surface area contributed by atoms with Gasteiger partial charge in [-0.2, -0.15) is 0 Å². The zero-order valence-electron chi connectivity index (χ0n) is 7.45.